The van der Waals surface area contributed by atoms with E-state index in [1.807, 2.05) is 43.0 Å². The van der Waals surface area contributed by atoms with Crippen LogP contribution in [0.3, 0.4) is 0 Å². The van der Waals surface area contributed by atoms with Crippen LogP contribution in [0.1, 0.15) is 27.7 Å². The zero-order valence-corrected chi connectivity index (χ0v) is 18.2. The van der Waals surface area contributed by atoms with Gasteiger partial charge in [0.2, 0.25) is 0 Å². The maximum Gasteiger partial charge on any atom is 0.194 e. The summed E-state index contributed by atoms with van der Waals surface area (Å²) in [6.07, 6.45) is -0.108. The molecule has 146 valence electrons. The normalized spacial score (nSPS) is 20.5. The minimum absolute atomic E-state index is 0.108. The molecule has 1 fully saturated rings. The van der Waals surface area contributed by atoms with E-state index in [9.17, 15) is 8.42 Å². The van der Waals surface area contributed by atoms with Gasteiger partial charge in [0.05, 0.1) is 21.5 Å². The number of guanidine groups is 1. The first-order valence-corrected chi connectivity index (χ1v) is 11.3. The second kappa shape index (κ2) is 8.61. The second-order valence-corrected chi connectivity index (χ2v) is 10.7. The van der Waals surface area contributed by atoms with Crippen LogP contribution in [0.4, 0.5) is 0 Å². The van der Waals surface area contributed by atoms with E-state index in [1.165, 1.54) is 0 Å². The van der Waals surface area contributed by atoms with E-state index >= 15 is 0 Å². The van der Waals surface area contributed by atoms with Crippen molar-refractivity contribution in [2.45, 2.75) is 38.5 Å². The van der Waals surface area contributed by atoms with E-state index < -0.39 is 14.6 Å². The predicted octanol–water partition coefficient (Wildman–Crippen LogP) is 2.69. The molecule has 6 nitrogen and oxygen atoms in total. The van der Waals surface area contributed by atoms with Crippen molar-refractivity contribution in [3.8, 4) is 5.75 Å². The Morgan fingerprint density at radius 2 is 2.12 bits per heavy atom. The average molecular weight is 446 g/mol. The zero-order valence-electron chi connectivity index (χ0n) is 15.8. The van der Waals surface area contributed by atoms with Gasteiger partial charge in [-0.15, -0.1) is 0 Å². The van der Waals surface area contributed by atoms with Crippen LogP contribution >= 0.6 is 15.9 Å². The van der Waals surface area contributed by atoms with Crippen LogP contribution in [-0.4, -0.2) is 62.1 Å². The zero-order chi connectivity index (χ0) is 19.4. The highest BCUT2D eigenvalue weighted by atomic mass is 79.9. The summed E-state index contributed by atoms with van der Waals surface area (Å²) in [4.78, 5) is 6.70. The van der Waals surface area contributed by atoms with Crippen LogP contribution in [0.2, 0.25) is 0 Å². The molecule has 1 heterocycles. The van der Waals surface area contributed by atoms with Gasteiger partial charge in [-0.25, -0.2) is 13.4 Å². The average Bonchev–Trinajstić information content (AvgIpc) is 2.56. The first-order chi connectivity index (χ1) is 12.2. The maximum atomic E-state index is 12.2. The number of sulfone groups is 1. The number of nitrogens with one attached hydrogen (secondary N) is 1. The van der Waals surface area contributed by atoms with Crippen molar-refractivity contribution in [3.05, 3.63) is 28.7 Å². The Kier molecular flexibility index (Phi) is 6.96. The molecule has 1 aliphatic rings. The Labute approximate surface area is 165 Å². The molecule has 1 unspecified atom stereocenters. The van der Waals surface area contributed by atoms with Gasteiger partial charge in [0.25, 0.3) is 0 Å². The van der Waals surface area contributed by atoms with Gasteiger partial charge in [0.1, 0.15) is 11.9 Å². The van der Waals surface area contributed by atoms with Crippen molar-refractivity contribution in [3.63, 3.8) is 0 Å². The number of ether oxygens (including phenoxy) is 1. The number of hydrogen-bond acceptors (Lipinski definition) is 4. The molecule has 2 rings (SSSR count). The molecule has 0 aliphatic carbocycles. The number of aliphatic imine (C=N–C) groups is 1. The number of rotatable bonds is 5. The lowest BCUT2D eigenvalue weighted by Crippen LogP contribution is -2.57. The highest BCUT2D eigenvalue weighted by Crippen LogP contribution is 2.25. The van der Waals surface area contributed by atoms with Crippen LogP contribution in [0.5, 0.6) is 5.75 Å². The lowest BCUT2D eigenvalue weighted by Gasteiger charge is -2.39. The Morgan fingerprint density at radius 1 is 1.42 bits per heavy atom. The summed E-state index contributed by atoms with van der Waals surface area (Å²) in [6.45, 7) is 9.61. The molecule has 1 saturated heterocycles. The van der Waals surface area contributed by atoms with Crippen LogP contribution in [0, 0.1) is 0 Å². The summed E-state index contributed by atoms with van der Waals surface area (Å²) >= 11 is 3.48. The molecular weight excluding hydrogens is 418 g/mol. The predicted molar refractivity (Wildman–Crippen MR) is 110 cm³/mol. The quantitative estimate of drug-likeness (QED) is 0.557. The lowest BCUT2D eigenvalue weighted by atomic mass is 10.2. The molecule has 0 spiro atoms. The summed E-state index contributed by atoms with van der Waals surface area (Å²) in [7, 11) is -3.07. The van der Waals surface area contributed by atoms with E-state index in [2.05, 4.69) is 26.2 Å². The molecule has 0 radical (unpaired) electrons. The van der Waals surface area contributed by atoms with Crippen molar-refractivity contribution >= 4 is 31.7 Å². The third-order valence-electron chi connectivity index (χ3n) is 4.34. The van der Waals surface area contributed by atoms with Gasteiger partial charge in [-0.05, 0) is 55.8 Å². The first kappa shape index (κ1) is 21.0. The molecule has 1 atom stereocenters. The summed E-state index contributed by atoms with van der Waals surface area (Å²) in [6, 6.07) is 7.71. The fourth-order valence-corrected chi connectivity index (χ4v) is 4.50. The molecule has 8 heteroatoms. The Hall–Kier alpha value is -1.28. The molecule has 0 saturated carbocycles. The van der Waals surface area contributed by atoms with E-state index in [1.54, 1.807) is 13.8 Å². The van der Waals surface area contributed by atoms with Crippen molar-refractivity contribution < 1.29 is 13.2 Å². The molecule has 1 N–H and O–H groups in total. The van der Waals surface area contributed by atoms with Gasteiger partial charge in [-0.1, -0.05) is 12.1 Å². The standard InChI is InChI=1S/C18H28BrN3O3S/c1-5-20-17(22-10-11-26(23,24)18(3,4)13-22)21-12-14(2)25-16-9-7-6-8-15(16)19/h6-9,14H,5,10-13H2,1-4H3,(H,20,21). The first-order valence-electron chi connectivity index (χ1n) is 8.83. The molecule has 1 aliphatic heterocycles. The Bertz CT molecular complexity index is 750. The second-order valence-electron chi connectivity index (χ2n) is 7.05. The topological polar surface area (TPSA) is 71.0 Å². The third kappa shape index (κ3) is 5.13. The van der Waals surface area contributed by atoms with Gasteiger partial charge >= 0.3 is 0 Å². The number of benzene rings is 1. The number of hydrogen-bond donors (Lipinski definition) is 1. The Morgan fingerprint density at radius 3 is 2.73 bits per heavy atom. The summed E-state index contributed by atoms with van der Waals surface area (Å²) < 4.78 is 30.5. The smallest absolute Gasteiger partial charge is 0.194 e. The molecular formula is C18H28BrN3O3S. The van der Waals surface area contributed by atoms with Gasteiger partial charge < -0.3 is 15.0 Å². The van der Waals surface area contributed by atoms with Gasteiger partial charge in [-0.2, -0.15) is 0 Å². The van der Waals surface area contributed by atoms with E-state index in [4.69, 9.17) is 4.74 Å². The summed E-state index contributed by atoms with van der Waals surface area (Å²) in [5.41, 5.74) is 0. The van der Waals surface area contributed by atoms with E-state index in [-0.39, 0.29) is 11.9 Å². The van der Waals surface area contributed by atoms with Gasteiger partial charge in [0, 0.05) is 19.6 Å². The van der Waals surface area contributed by atoms with Gasteiger partial charge in [-0.3, -0.25) is 0 Å². The SMILES string of the molecule is CCNC(=NCC(C)Oc1ccccc1Br)N1CCS(=O)(=O)C(C)(C)C1. The minimum Gasteiger partial charge on any atom is -0.488 e. The maximum absolute atomic E-state index is 12.2. The largest absolute Gasteiger partial charge is 0.488 e. The lowest BCUT2D eigenvalue weighted by molar-refractivity contribution is 0.227. The fraction of sp³-hybridized carbons (Fsp3) is 0.611. The van der Waals surface area contributed by atoms with Crippen molar-refractivity contribution in [2.24, 2.45) is 4.99 Å². The third-order valence-corrected chi connectivity index (χ3v) is 7.53. The highest BCUT2D eigenvalue weighted by Gasteiger charge is 2.40. The monoisotopic (exact) mass is 445 g/mol. The number of nitrogens with zero attached hydrogens (tertiary/aromatic N) is 2. The Balaban J connectivity index is 2.06. The van der Waals surface area contributed by atoms with Crippen molar-refractivity contribution in [1.82, 2.24) is 10.2 Å². The van der Waals surface area contributed by atoms with Crippen molar-refractivity contribution in [2.75, 3.05) is 31.9 Å². The van der Waals surface area contributed by atoms with E-state index in [0.717, 1.165) is 22.7 Å². The van der Waals surface area contributed by atoms with Crippen LogP contribution in [0.25, 0.3) is 0 Å². The van der Waals surface area contributed by atoms with Crippen molar-refractivity contribution in [1.29, 1.82) is 0 Å². The number of halogens is 1. The molecule has 26 heavy (non-hydrogen) atoms. The van der Waals surface area contributed by atoms with Crippen LogP contribution in [0.15, 0.2) is 33.7 Å². The molecule has 0 amide bonds. The molecule has 1 aromatic carbocycles. The molecule has 0 bridgehead atoms. The fourth-order valence-electron chi connectivity index (χ4n) is 2.76. The minimum atomic E-state index is -3.07. The summed E-state index contributed by atoms with van der Waals surface area (Å²) in [5, 5.41) is 3.26. The molecule has 1 aromatic rings. The molecule has 0 aromatic heterocycles. The van der Waals surface area contributed by atoms with Crippen LogP contribution in [-0.2, 0) is 9.84 Å². The van der Waals surface area contributed by atoms with Crippen LogP contribution < -0.4 is 10.1 Å². The van der Waals surface area contributed by atoms with Gasteiger partial charge in [0.15, 0.2) is 15.8 Å². The number of para-hydroxylation sites is 1. The highest BCUT2D eigenvalue weighted by molar-refractivity contribution is 9.10. The van der Waals surface area contributed by atoms with E-state index in [0.29, 0.717) is 19.6 Å². The summed E-state index contributed by atoms with van der Waals surface area (Å²) in [5.74, 6) is 1.66.